The number of benzene rings is 1. The molecule has 1 unspecified atom stereocenters. The molecule has 1 saturated carbocycles. The Morgan fingerprint density at radius 2 is 1.86 bits per heavy atom. The average Bonchev–Trinajstić information content (AvgIpc) is 3.12. The molecule has 0 bridgehead atoms. The van der Waals surface area contributed by atoms with Crippen molar-refractivity contribution in [3.8, 4) is 5.75 Å². The Bertz CT molecular complexity index is 726. The number of para-hydroxylation sites is 1. The quantitative estimate of drug-likeness (QED) is 0.813. The standard InChI is InChI=1S/C23H33N3O2/c27-23(19-28-22-10-5-2-6-11-22)12-7-14-25(15-13-23)17-20-16-24-26(18-20)21-8-3-1-4-9-21/h2,5-6,10-11,16,18,21,27H,1,3-4,7-9,12-15,17,19H2. The number of likely N-dealkylation sites (tertiary alicyclic amines) is 1. The van der Waals surface area contributed by atoms with Crippen LogP contribution in [-0.4, -0.2) is 45.1 Å². The van der Waals surface area contributed by atoms with E-state index in [0.29, 0.717) is 12.6 Å². The summed E-state index contributed by atoms with van der Waals surface area (Å²) in [7, 11) is 0. The van der Waals surface area contributed by atoms with Crippen molar-refractivity contribution in [3.63, 3.8) is 0 Å². The van der Waals surface area contributed by atoms with Gasteiger partial charge in [0.2, 0.25) is 0 Å². The molecule has 5 nitrogen and oxygen atoms in total. The Hall–Kier alpha value is -1.85. The second-order valence-electron chi connectivity index (χ2n) is 8.58. The van der Waals surface area contributed by atoms with Gasteiger partial charge in [0.15, 0.2) is 0 Å². The van der Waals surface area contributed by atoms with E-state index in [1.54, 1.807) is 0 Å². The van der Waals surface area contributed by atoms with Crippen LogP contribution in [0.3, 0.4) is 0 Å². The summed E-state index contributed by atoms with van der Waals surface area (Å²) in [5.41, 5.74) is 0.549. The number of rotatable bonds is 6. The van der Waals surface area contributed by atoms with Crippen LogP contribution in [0.25, 0.3) is 0 Å². The van der Waals surface area contributed by atoms with Crippen molar-refractivity contribution in [1.82, 2.24) is 14.7 Å². The van der Waals surface area contributed by atoms with E-state index in [9.17, 15) is 5.11 Å². The van der Waals surface area contributed by atoms with Gasteiger partial charge in [0.25, 0.3) is 0 Å². The molecule has 0 spiro atoms. The molecule has 2 aromatic rings. The lowest BCUT2D eigenvalue weighted by atomic mass is 9.96. The third kappa shape index (κ3) is 5.15. The molecule has 5 heteroatoms. The van der Waals surface area contributed by atoms with Gasteiger partial charge >= 0.3 is 0 Å². The molecule has 1 aromatic carbocycles. The summed E-state index contributed by atoms with van der Waals surface area (Å²) >= 11 is 0. The predicted octanol–water partition coefficient (Wildman–Crippen LogP) is 4.18. The smallest absolute Gasteiger partial charge is 0.119 e. The van der Waals surface area contributed by atoms with Crippen molar-refractivity contribution in [3.05, 3.63) is 48.3 Å². The van der Waals surface area contributed by atoms with Gasteiger partial charge < -0.3 is 9.84 Å². The third-order valence-electron chi connectivity index (χ3n) is 6.27. The predicted molar refractivity (Wildman–Crippen MR) is 110 cm³/mol. The Kier molecular flexibility index (Phi) is 6.33. The molecule has 28 heavy (non-hydrogen) atoms. The van der Waals surface area contributed by atoms with Gasteiger partial charge in [0.1, 0.15) is 12.4 Å². The number of hydrogen-bond acceptors (Lipinski definition) is 4. The van der Waals surface area contributed by atoms with Crippen LogP contribution in [0.1, 0.15) is 63.0 Å². The first kappa shape index (κ1) is 19.5. The summed E-state index contributed by atoms with van der Waals surface area (Å²) in [5, 5.41) is 15.6. The number of aliphatic hydroxyl groups is 1. The lowest BCUT2D eigenvalue weighted by Gasteiger charge is -2.27. The molecule has 1 aliphatic heterocycles. The molecule has 1 aliphatic carbocycles. The minimum absolute atomic E-state index is 0.366. The summed E-state index contributed by atoms with van der Waals surface area (Å²) in [6.45, 7) is 3.19. The van der Waals surface area contributed by atoms with E-state index >= 15 is 0 Å². The van der Waals surface area contributed by atoms with Gasteiger partial charge in [-0.15, -0.1) is 0 Å². The van der Waals surface area contributed by atoms with Crippen LogP contribution < -0.4 is 4.74 Å². The van der Waals surface area contributed by atoms with E-state index in [1.165, 1.54) is 37.7 Å². The molecule has 1 saturated heterocycles. The number of nitrogens with zero attached hydrogens (tertiary/aromatic N) is 3. The van der Waals surface area contributed by atoms with Crippen molar-refractivity contribution >= 4 is 0 Å². The molecule has 2 heterocycles. The largest absolute Gasteiger partial charge is 0.491 e. The molecule has 1 atom stereocenters. The molecule has 152 valence electrons. The van der Waals surface area contributed by atoms with E-state index in [1.807, 2.05) is 36.5 Å². The molecule has 4 rings (SSSR count). The zero-order chi connectivity index (χ0) is 19.2. The van der Waals surface area contributed by atoms with Crippen LogP contribution >= 0.6 is 0 Å². The van der Waals surface area contributed by atoms with E-state index in [2.05, 4.69) is 20.9 Å². The van der Waals surface area contributed by atoms with E-state index in [0.717, 1.165) is 44.6 Å². The highest BCUT2D eigenvalue weighted by atomic mass is 16.5. The molecule has 1 N–H and O–H groups in total. The minimum Gasteiger partial charge on any atom is -0.491 e. The Labute approximate surface area is 168 Å². The number of hydrogen-bond donors (Lipinski definition) is 1. The summed E-state index contributed by atoms with van der Waals surface area (Å²) in [5.74, 6) is 0.826. The van der Waals surface area contributed by atoms with Crippen LogP contribution in [0.2, 0.25) is 0 Å². The third-order valence-corrected chi connectivity index (χ3v) is 6.27. The molecule has 0 radical (unpaired) electrons. The second-order valence-corrected chi connectivity index (χ2v) is 8.58. The van der Waals surface area contributed by atoms with E-state index in [4.69, 9.17) is 4.74 Å². The summed E-state index contributed by atoms with van der Waals surface area (Å²) < 4.78 is 8.04. The van der Waals surface area contributed by atoms with E-state index in [-0.39, 0.29) is 0 Å². The molecular formula is C23H33N3O2. The van der Waals surface area contributed by atoms with E-state index < -0.39 is 5.60 Å². The topological polar surface area (TPSA) is 50.5 Å². The van der Waals surface area contributed by atoms with Crippen LogP contribution in [0, 0.1) is 0 Å². The summed E-state index contributed by atoms with van der Waals surface area (Å²) in [6, 6.07) is 10.4. The Balaban J connectivity index is 1.28. The first-order valence-electron chi connectivity index (χ1n) is 10.9. The maximum absolute atomic E-state index is 11.0. The van der Waals surface area contributed by atoms with Gasteiger partial charge in [0.05, 0.1) is 17.8 Å². The Morgan fingerprint density at radius 3 is 2.68 bits per heavy atom. The molecular weight excluding hydrogens is 350 g/mol. The number of aromatic nitrogens is 2. The van der Waals surface area contributed by atoms with Gasteiger partial charge in [0, 0.05) is 24.8 Å². The minimum atomic E-state index is -0.739. The highest BCUT2D eigenvalue weighted by Crippen LogP contribution is 2.28. The molecule has 1 aromatic heterocycles. The van der Waals surface area contributed by atoms with Crippen LogP contribution in [-0.2, 0) is 6.54 Å². The Morgan fingerprint density at radius 1 is 1.04 bits per heavy atom. The highest BCUT2D eigenvalue weighted by molar-refractivity contribution is 5.21. The van der Waals surface area contributed by atoms with Gasteiger partial charge in [-0.25, -0.2) is 0 Å². The fourth-order valence-corrected chi connectivity index (χ4v) is 4.53. The molecule has 0 amide bonds. The van der Waals surface area contributed by atoms with Crippen molar-refractivity contribution < 1.29 is 9.84 Å². The first-order valence-corrected chi connectivity index (χ1v) is 10.9. The normalized spacial score (nSPS) is 24.8. The van der Waals surface area contributed by atoms with Crippen LogP contribution in [0.15, 0.2) is 42.7 Å². The lowest BCUT2D eigenvalue weighted by Crippen LogP contribution is -2.37. The second kappa shape index (κ2) is 9.10. The monoisotopic (exact) mass is 383 g/mol. The number of ether oxygens (including phenoxy) is 1. The van der Waals surface area contributed by atoms with Gasteiger partial charge in [-0.05, 0) is 50.8 Å². The zero-order valence-electron chi connectivity index (χ0n) is 16.8. The van der Waals surface area contributed by atoms with Crippen LogP contribution in [0.4, 0.5) is 0 Å². The average molecular weight is 384 g/mol. The fraction of sp³-hybridized carbons (Fsp3) is 0.609. The fourth-order valence-electron chi connectivity index (χ4n) is 4.53. The van der Waals surface area contributed by atoms with Gasteiger partial charge in [-0.2, -0.15) is 5.10 Å². The zero-order valence-corrected chi connectivity index (χ0v) is 16.8. The van der Waals surface area contributed by atoms with Crippen LogP contribution in [0.5, 0.6) is 5.75 Å². The van der Waals surface area contributed by atoms with Crippen molar-refractivity contribution in [2.24, 2.45) is 0 Å². The van der Waals surface area contributed by atoms with Gasteiger partial charge in [-0.3, -0.25) is 9.58 Å². The molecule has 2 fully saturated rings. The SMILES string of the molecule is OC1(COc2ccccc2)CCCN(Cc2cnn(C3CCCCC3)c2)CC1. The summed E-state index contributed by atoms with van der Waals surface area (Å²) in [4.78, 5) is 2.45. The maximum atomic E-state index is 11.0. The van der Waals surface area contributed by atoms with Crippen molar-refractivity contribution in [2.75, 3.05) is 19.7 Å². The van der Waals surface area contributed by atoms with Gasteiger partial charge in [-0.1, -0.05) is 37.5 Å². The van der Waals surface area contributed by atoms with Crippen molar-refractivity contribution in [2.45, 2.75) is 69.6 Å². The lowest BCUT2D eigenvalue weighted by molar-refractivity contribution is -0.0168. The molecule has 2 aliphatic rings. The first-order chi connectivity index (χ1) is 13.7. The van der Waals surface area contributed by atoms with Crippen molar-refractivity contribution in [1.29, 1.82) is 0 Å². The maximum Gasteiger partial charge on any atom is 0.119 e. The summed E-state index contributed by atoms with van der Waals surface area (Å²) in [6.07, 6.45) is 13.4. The highest BCUT2D eigenvalue weighted by Gasteiger charge is 2.31.